The molecule has 0 bridgehead atoms. The molecule has 1 amide bonds. The van der Waals surface area contributed by atoms with Crippen molar-refractivity contribution in [1.82, 2.24) is 10.2 Å². The van der Waals surface area contributed by atoms with Gasteiger partial charge in [-0.3, -0.25) is 4.90 Å². The first-order valence-electron chi connectivity index (χ1n) is 8.97. The summed E-state index contributed by atoms with van der Waals surface area (Å²) in [4.78, 5) is 14.2. The van der Waals surface area contributed by atoms with E-state index in [1.54, 1.807) is 0 Å². The Balaban J connectivity index is 1.87. The summed E-state index contributed by atoms with van der Waals surface area (Å²) in [6.07, 6.45) is 4.79. The topological polar surface area (TPSA) is 50.8 Å². The summed E-state index contributed by atoms with van der Waals surface area (Å²) in [5.41, 5.74) is -0.0371. The summed E-state index contributed by atoms with van der Waals surface area (Å²) in [6.45, 7) is 13.0. The van der Waals surface area contributed by atoms with Crippen molar-refractivity contribution in [3.63, 3.8) is 0 Å². The third kappa shape index (κ3) is 5.96. The van der Waals surface area contributed by atoms with E-state index in [-0.39, 0.29) is 12.1 Å². The van der Waals surface area contributed by atoms with Crippen LogP contribution in [0.2, 0.25) is 0 Å². The van der Waals surface area contributed by atoms with Crippen LogP contribution in [0.25, 0.3) is 0 Å². The molecule has 2 unspecified atom stereocenters. The Labute approximate surface area is 141 Å². The second-order valence-corrected chi connectivity index (χ2v) is 8.77. The molecule has 1 aliphatic heterocycles. The van der Waals surface area contributed by atoms with Gasteiger partial charge in [-0.05, 0) is 45.4 Å². The number of carbonyl (C=O) groups is 1. The molecule has 1 aliphatic carbocycles. The lowest BCUT2D eigenvalue weighted by Crippen LogP contribution is -2.55. The molecular weight excluding hydrogens is 292 g/mol. The fraction of sp³-hybridized carbons (Fsp3) is 0.944. The largest absolute Gasteiger partial charge is 0.444 e. The maximum atomic E-state index is 12.4. The fourth-order valence-corrected chi connectivity index (χ4v) is 3.56. The molecule has 2 aliphatic rings. The van der Waals surface area contributed by atoms with Gasteiger partial charge >= 0.3 is 6.09 Å². The van der Waals surface area contributed by atoms with Gasteiger partial charge in [0.1, 0.15) is 5.60 Å². The monoisotopic (exact) mass is 326 g/mol. The molecule has 2 fully saturated rings. The lowest BCUT2D eigenvalue weighted by molar-refractivity contribution is -0.0327. The van der Waals surface area contributed by atoms with Crippen molar-refractivity contribution < 1.29 is 14.3 Å². The fourth-order valence-electron chi connectivity index (χ4n) is 3.56. The highest BCUT2D eigenvalue weighted by Gasteiger charge is 2.33. The number of hydrogen-bond donors (Lipinski definition) is 1. The molecule has 0 spiro atoms. The zero-order valence-corrected chi connectivity index (χ0v) is 15.5. The predicted octanol–water partition coefficient (Wildman–Crippen LogP) is 3.18. The molecule has 23 heavy (non-hydrogen) atoms. The normalized spacial score (nSPS) is 28.5. The van der Waals surface area contributed by atoms with Crippen molar-refractivity contribution in [2.45, 2.75) is 78.0 Å². The quantitative estimate of drug-likeness (QED) is 0.865. The SMILES string of the molecule is CC1(C)CCCC(NCC2COCCN2C(=O)OC(C)(C)C)C1. The van der Waals surface area contributed by atoms with Gasteiger partial charge in [-0.25, -0.2) is 4.79 Å². The average Bonchev–Trinajstić information content (AvgIpc) is 2.42. The second kappa shape index (κ2) is 7.39. The Hall–Kier alpha value is -0.810. The van der Waals surface area contributed by atoms with E-state index >= 15 is 0 Å². The molecule has 5 nitrogen and oxygen atoms in total. The van der Waals surface area contributed by atoms with Crippen molar-refractivity contribution in [2.75, 3.05) is 26.3 Å². The zero-order valence-electron chi connectivity index (χ0n) is 15.5. The Kier molecular flexibility index (Phi) is 5.95. The van der Waals surface area contributed by atoms with Crippen molar-refractivity contribution >= 4 is 6.09 Å². The molecule has 0 aromatic carbocycles. The van der Waals surface area contributed by atoms with Crippen LogP contribution in [0.4, 0.5) is 4.79 Å². The van der Waals surface area contributed by atoms with Crippen LogP contribution < -0.4 is 5.32 Å². The summed E-state index contributed by atoms with van der Waals surface area (Å²) < 4.78 is 11.1. The minimum Gasteiger partial charge on any atom is -0.444 e. The molecule has 5 heteroatoms. The molecule has 1 heterocycles. The number of ether oxygens (including phenoxy) is 2. The molecular formula is C18H34N2O3. The van der Waals surface area contributed by atoms with E-state index in [1.807, 2.05) is 25.7 Å². The lowest BCUT2D eigenvalue weighted by atomic mass is 9.75. The predicted molar refractivity (Wildman–Crippen MR) is 91.6 cm³/mol. The summed E-state index contributed by atoms with van der Waals surface area (Å²) >= 11 is 0. The maximum Gasteiger partial charge on any atom is 0.410 e. The van der Waals surface area contributed by atoms with E-state index in [0.717, 1.165) is 6.54 Å². The van der Waals surface area contributed by atoms with Crippen LogP contribution in [-0.4, -0.2) is 55.0 Å². The smallest absolute Gasteiger partial charge is 0.410 e. The first-order chi connectivity index (χ1) is 10.7. The molecule has 1 N–H and O–H groups in total. The highest BCUT2D eigenvalue weighted by molar-refractivity contribution is 5.68. The Morgan fingerprint density at radius 3 is 2.78 bits per heavy atom. The number of amides is 1. The Morgan fingerprint density at radius 1 is 1.39 bits per heavy atom. The van der Waals surface area contributed by atoms with Crippen LogP contribution in [-0.2, 0) is 9.47 Å². The van der Waals surface area contributed by atoms with Gasteiger partial charge in [0.05, 0.1) is 19.3 Å². The standard InChI is InChI=1S/C18H34N2O3/c1-17(2,3)23-16(21)20-9-10-22-13-15(20)12-19-14-7-6-8-18(4,5)11-14/h14-15,19H,6-13H2,1-5H3. The maximum absolute atomic E-state index is 12.4. The number of carbonyl (C=O) groups excluding carboxylic acids is 1. The van der Waals surface area contributed by atoms with E-state index in [0.29, 0.717) is 31.2 Å². The Bertz CT molecular complexity index is 404. The van der Waals surface area contributed by atoms with Gasteiger partial charge in [0.15, 0.2) is 0 Å². The van der Waals surface area contributed by atoms with Crippen LogP contribution >= 0.6 is 0 Å². The van der Waals surface area contributed by atoms with Gasteiger partial charge in [0.25, 0.3) is 0 Å². The second-order valence-electron chi connectivity index (χ2n) is 8.77. The number of nitrogens with one attached hydrogen (secondary N) is 1. The lowest BCUT2D eigenvalue weighted by Gasteiger charge is -2.39. The van der Waals surface area contributed by atoms with Crippen LogP contribution in [0.3, 0.4) is 0 Å². The molecule has 2 atom stereocenters. The van der Waals surface area contributed by atoms with E-state index in [4.69, 9.17) is 9.47 Å². The summed E-state index contributed by atoms with van der Waals surface area (Å²) in [7, 11) is 0. The average molecular weight is 326 g/mol. The minimum atomic E-state index is -0.458. The minimum absolute atomic E-state index is 0.0589. The summed E-state index contributed by atoms with van der Waals surface area (Å²) in [6, 6.07) is 0.602. The van der Waals surface area contributed by atoms with Crippen LogP contribution in [0.1, 0.15) is 60.3 Å². The third-order valence-electron chi connectivity index (χ3n) is 4.70. The van der Waals surface area contributed by atoms with Crippen LogP contribution in [0, 0.1) is 5.41 Å². The van der Waals surface area contributed by atoms with Crippen molar-refractivity contribution in [2.24, 2.45) is 5.41 Å². The van der Waals surface area contributed by atoms with Crippen molar-refractivity contribution in [1.29, 1.82) is 0 Å². The number of hydrogen-bond acceptors (Lipinski definition) is 4. The van der Waals surface area contributed by atoms with Gasteiger partial charge < -0.3 is 14.8 Å². The van der Waals surface area contributed by atoms with E-state index in [1.165, 1.54) is 25.7 Å². The van der Waals surface area contributed by atoms with Gasteiger partial charge in [-0.2, -0.15) is 0 Å². The van der Waals surface area contributed by atoms with Crippen LogP contribution in [0.5, 0.6) is 0 Å². The zero-order chi connectivity index (χ0) is 17.1. The van der Waals surface area contributed by atoms with E-state index in [2.05, 4.69) is 19.2 Å². The Morgan fingerprint density at radius 2 is 2.13 bits per heavy atom. The van der Waals surface area contributed by atoms with E-state index in [9.17, 15) is 4.79 Å². The molecule has 0 aromatic rings. The molecule has 1 saturated carbocycles. The van der Waals surface area contributed by atoms with Gasteiger partial charge in [-0.1, -0.05) is 20.3 Å². The number of morpholine rings is 1. The van der Waals surface area contributed by atoms with Crippen molar-refractivity contribution in [3.8, 4) is 0 Å². The van der Waals surface area contributed by atoms with Crippen molar-refractivity contribution in [3.05, 3.63) is 0 Å². The first-order valence-corrected chi connectivity index (χ1v) is 8.97. The van der Waals surface area contributed by atoms with E-state index < -0.39 is 5.60 Å². The molecule has 0 aromatic heterocycles. The first kappa shape index (κ1) is 18.5. The molecule has 2 rings (SSSR count). The van der Waals surface area contributed by atoms with Gasteiger partial charge in [0.2, 0.25) is 0 Å². The number of nitrogens with zero attached hydrogens (tertiary/aromatic N) is 1. The highest BCUT2D eigenvalue weighted by atomic mass is 16.6. The third-order valence-corrected chi connectivity index (χ3v) is 4.70. The van der Waals surface area contributed by atoms with Gasteiger partial charge in [0, 0.05) is 19.1 Å². The van der Waals surface area contributed by atoms with Gasteiger partial charge in [-0.15, -0.1) is 0 Å². The summed E-state index contributed by atoms with van der Waals surface area (Å²) in [5.74, 6) is 0. The van der Waals surface area contributed by atoms with Crippen LogP contribution in [0.15, 0.2) is 0 Å². The highest BCUT2D eigenvalue weighted by Crippen LogP contribution is 2.35. The number of rotatable bonds is 3. The molecule has 134 valence electrons. The molecule has 0 radical (unpaired) electrons. The molecule has 1 saturated heterocycles. The summed E-state index contributed by atoms with van der Waals surface area (Å²) in [5, 5.41) is 3.67.